The molecule has 1 N–H and O–H groups in total. The second-order valence-corrected chi connectivity index (χ2v) is 7.90. The van der Waals surface area contributed by atoms with E-state index >= 15 is 0 Å². The van der Waals surface area contributed by atoms with Gasteiger partial charge in [0.05, 0.1) is 11.6 Å². The van der Waals surface area contributed by atoms with Crippen molar-refractivity contribution >= 4 is 17.7 Å². The molecule has 3 heteroatoms. The van der Waals surface area contributed by atoms with Crippen LogP contribution in [-0.4, -0.2) is 5.91 Å². The van der Waals surface area contributed by atoms with E-state index in [4.69, 9.17) is 0 Å². The highest BCUT2D eigenvalue weighted by Crippen LogP contribution is 2.31. The Bertz CT molecular complexity index is 922. The molecule has 2 nitrogen and oxygen atoms in total. The summed E-state index contributed by atoms with van der Waals surface area (Å²) in [5.41, 5.74) is 4.66. The van der Waals surface area contributed by atoms with Gasteiger partial charge in [0.2, 0.25) is 0 Å². The Balaban J connectivity index is 1.50. The first kappa shape index (κ1) is 17.9. The Hall–Kier alpha value is -2.52. The highest BCUT2D eigenvalue weighted by molar-refractivity contribution is 7.98. The molecule has 1 amide bonds. The fraction of sp³-hybridized carbons (Fsp3) is 0.208. The summed E-state index contributed by atoms with van der Waals surface area (Å²) in [6.45, 7) is 0. The zero-order chi connectivity index (χ0) is 18.5. The van der Waals surface area contributed by atoms with Crippen molar-refractivity contribution in [2.45, 2.75) is 36.0 Å². The molecule has 4 rings (SSSR count). The van der Waals surface area contributed by atoms with Crippen LogP contribution in [0.2, 0.25) is 0 Å². The maximum absolute atomic E-state index is 13.0. The lowest BCUT2D eigenvalue weighted by atomic mass is 9.87. The number of carbonyl (C=O) groups excluding carboxylic acids is 1. The summed E-state index contributed by atoms with van der Waals surface area (Å²) < 4.78 is 0. The number of rotatable bonds is 5. The zero-order valence-electron chi connectivity index (χ0n) is 15.2. The lowest BCUT2D eigenvalue weighted by Crippen LogP contribution is -2.31. The molecule has 0 aliphatic heterocycles. The molecule has 27 heavy (non-hydrogen) atoms. The second-order valence-electron chi connectivity index (χ2n) is 6.89. The van der Waals surface area contributed by atoms with E-state index in [1.807, 2.05) is 30.3 Å². The van der Waals surface area contributed by atoms with Crippen LogP contribution in [0.5, 0.6) is 0 Å². The van der Waals surface area contributed by atoms with Gasteiger partial charge in [0.25, 0.3) is 5.91 Å². The normalized spacial score (nSPS) is 15.8. The monoisotopic (exact) mass is 373 g/mol. The van der Waals surface area contributed by atoms with Crippen LogP contribution >= 0.6 is 11.8 Å². The summed E-state index contributed by atoms with van der Waals surface area (Å²) in [5, 5.41) is 3.28. The number of fused-ring (bicyclic) bond motifs is 1. The molecule has 1 aliphatic carbocycles. The van der Waals surface area contributed by atoms with E-state index in [0.29, 0.717) is 0 Å². The van der Waals surface area contributed by atoms with Crippen LogP contribution in [-0.2, 0) is 12.2 Å². The topological polar surface area (TPSA) is 29.1 Å². The molecule has 0 aromatic heterocycles. The van der Waals surface area contributed by atoms with Gasteiger partial charge < -0.3 is 5.32 Å². The quantitative estimate of drug-likeness (QED) is 0.574. The van der Waals surface area contributed by atoms with E-state index in [1.165, 1.54) is 16.7 Å². The summed E-state index contributed by atoms with van der Waals surface area (Å²) in [5.74, 6) is 0.880. The highest BCUT2D eigenvalue weighted by Gasteiger charge is 2.22. The molecule has 1 aliphatic rings. The van der Waals surface area contributed by atoms with E-state index in [9.17, 15) is 4.79 Å². The number of thioether (sulfide) groups is 1. The smallest absolute Gasteiger partial charge is 0.252 e. The van der Waals surface area contributed by atoms with Gasteiger partial charge in [0.15, 0.2) is 0 Å². The SMILES string of the molecule is O=C(NC1CCCc2ccccc21)c1ccccc1SCc1ccccc1. The van der Waals surface area contributed by atoms with Gasteiger partial charge >= 0.3 is 0 Å². The number of nitrogens with one attached hydrogen (secondary N) is 1. The van der Waals surface area contributed by atoms with Crippen LogP contribution in [0.1, 0.15) is 45.9 Å². The second kappa shape index (κ2) is 8.45. The average Bonchev–Trinajstić information content (AvgIpc) is 2.73. The number of benzene rings is 3. The number of amides is 1. The molecular formula is C24H23NOS. The van der Waals surface area contributed by atoms with E-state index < -0.39 is 0 Å². The zero-order valence-corrected chi connectivity index (χ0v) is 16.0. The van der Waals surface area contributed by atoms with Gasteiger partial charge in [-0.15, -0.1) is 11.8 Å². The standard InChI is InChI=1S/C24H23NOS/c26-24(25-22-15-8-12-19-11-4-5-13-20(19)22)21-14-6-7-16-23(21)27-17-18-9-2-1-3-10-18/h1-7,9-11,13-14,16,22H,8,12,15,17H2,(H,25,26). The van der Waals surface area contributed by atoms with Crippen LogP contribution in [0.3, 0.4) is 0 Å². The number of hydrogen-bond acceptors (Lipinski definition) is 2. The Kier molecular flexibility index (Phi) is 5.59. The van der Waals surface area contributed by atoms with Crippen LogP contribution < -0.4 is 5.32 Å². The molecule has 3 aromatic rings. The van der Waals surface area contributed by atoms with Gasteiger partial charge in [-0.05, 0) is 48.1 Å². The molecule has 136 valence electrons. The predicted molar refractivity (Wildman–Crippen MR) is 112 cm³/mol. The molecule has 0 spiro atoms. The molecule has 1 unspecified atom stereocenters. The summed E-state index contributed by atoms with van der Waals surface area (Å²) >= 11 is 1.72. The maximum Gasteiger partial charge on any atom is 0.252 e. The molecule has 0 saturated heterocycles. The van der Waals surface area contributed by atoms with Crippen molar-refractivity contribution in [3.05, 3.63) is 101 Å². The Labute approximate surface area is 165 Å². The molecular weight excluding hydrogens is 350 g/mol. The van der Waals surface area contributed by atoms with Crippen molar-refractivity contribution in [3.8, 4) is 0 Å². The van der Waals surface area contributed by atoms with Crippen LogP contribution in [0.4, 0.5) is 0 Å². The third-order valence-electron chi connectivity index (χ3n) is 5.04. The van der Waals surface area contributed by atoms with E-state index in [1.54, 1.807) is 11.8 Å². The first-order chi connectivity index (χ1) is 13.3. The minimum absolute atomic E-state index is 0.0212. The molecule has 0 saturated carbocycles. The van der Waals surface area contributed by atoms with Gasteiger partial charge in [-0.3, -0.25) is 4.79 Å². The van der Waals surface area contributed by atoms with Gasteiger partial charge in [-0.2, -0.15) is 0 Å². The van der Waals surface area contributed by atoms with Crippen molar-refractivity contribution in [2.75, 3.05) is 0 Å². The third kappa shape index (κ3) is 4.25. The molecule has 0 heterocycles. The van der Waals surface area contributed by atoms with Crippen LogP contribution in [0, 0.1) is 0 Å². The lowest BCUT2D eigenvalue weighted by molar-refractivity contribution is 0.0930. The van der Waals surface area contributed by atoms with Crippen LogP contribution in [0.15, 0.2) is 83.8 Å². The Morgan fingerprint density at radius 1 is 0.926 bits per heavy atom. The minimum Gasteiger partial charge on any atom is -0.345 e. The van der Waals surface area contributed by atoms with Crippen molar-refractivity contribution in [2.24, 2.45) is 0 Å². The Morgan fingerprint density at radius 3 is 2.56 bits per heavy atom. The predicted octanol–water partition coefficient (Wildman–Crippen LogP) is 5.79. The number of hydrogen-bond donors (Lipinski definition) is 1. The summed E-state index contributed by atoms with van der Waals surface area (Å²) in [7, 11) is 0. The minimum atomic E-state index is 0.0212. The van der Waals surface area contributed by atoms with E-state index in [2.05, 4.69) is 53.8 Å². The molecule has 1 atom stereocenters. The van der Waals surface area contributed by atoms with E-state index in [0.717, 1.165) is 35.5 Å². The fourth-order valence-electron chi connectivity index (χ4n) is 3.66. The highest BCUT2D eigenvalue weighted by atomic mass is 32.2. The summed E-state index contributed by atoms with van der Waals surface area (Å²) in [4.78, 5) is 14.1. The number of aryl methyl sites for hydroxylation is 1. The average molecular weight is 374 g/mol. The molecule has 0 fully saturated rings. The fourth-order valence-corrected chi connectivity index (χ4v) is 4.66. The van der Waals surface area contributed by atoms with E-state index in [-0.39, 0.29) is 11.9 Å². The van der Waals surface area contributed by atoms with Crippen LogP contribution in [0.25, 0.3) is 0 Å². The van der Waals surface area contributed by atoms with Crippen molar-refractivity contribution in [1.82, 2.24) is 5.32 Å². The van der Waals surface area contributed by atoms with Gasteiger partial charge in [-0.1, -0.05) is 66.7 Å². The maximum atomic E-state index is 13.0. The third-order valence-corrected chi connectivity index (χ3v) is 6.19. The largest absolute Gasteiger partial charge is 0.345 e. The van der Waals surface area contributed by atoms with Gasteiger partial charge in [0.1, 0.15) is 0 Å². The lowest BCUT2D eigenvalue weighted by Gasteiger charge is -2.26. The molecule has 3 aromatic carbocycles. The molecule has 0 radical (unpaired) electrons. The van der Waals surface area contributed by atoms with Crippen molar-refractivity contribution in [1.29, 1.82) is 0 Å². The first-order valence-electron chi connectivity index (χ1n) is 9.46. The van der Waals surface area contributed by atoms with Crippen molar-refractivity contribution in [3.63, 3.8) is 0 Å². The summed E-state index contributed by atoms with van der Waals surface area (Å²) in [6, 6.07) is 26.9. The molecule has 0 bridgehead atoms. The number of carbonyl (C=O) groups is 1. The first-order valence-corrected chi connectivity index (χ1v) is 10.4. The van der Waals surface area contributed by atoms with Gasteiger partial charge in [-0.25, -0.2) is 0 Å². The Morgan fingerprint density at radius 2 is 1.67 bits per heavy atom. The van der Waals surface area contributed by atoms with Crippen molar-refractivity contribution < 1.29 is 4.79 Å². The van der Waals surface area contributed by atoms with Gasteiger partial charge in [0, 0.05) is 10.6 Å². The summed E-state index contributed by atoms with van der Waals surface area (Å²) in [6.07, 6.45) is 3.22.